The van der Waals surface area contributed by atoms with Gasteiger partial charge in [0.2, 0.25) is 0 Å². The van der Waals surface area contributed by atoms with Gasteiger partial charge in [-0.15, -0.1) is 11.8 Å². The third-order valence-corrected chi connectivity index (χ3v) is 7.01. The summed E-state index contributed by atoms with van der Waals surface area (Å²) in [6.45, 7) is 17.4. The lowest BCUT2D eigenvalue weighted by Crippen LogP contribution is -2.38. The lowest BCUT2D eigenvalue weighted by atomic mass is 9.78. The van der Waals surface area contributed by atoms with Gasteiger partial charge in [0.15, 0.2) is 0 Å². The lowest BCUT2D eigenvalue weighted by molar-refractivity contribution is 0.326. The van der Waals surface area contributed by atoms with Crippen molar-refractivity contribution < 1.29 is 10.2 Å². The number of thioether (sulfide) groups is 1. The minimum absolute atomic E-state index is 0.0703. The Hall–Kier alpha value is -1.09. The second-order valence-electron chi connectivity index (χ2n) is 9.90. The Morgan fingerprint density at radius 2 is 1.04 bits per heavy atom. The molecule has 0 aromatic carbocycles. The van der Waals surface area contributed by atoms with Gasteiger partial charge in [0.1, 0.15) is 11.5 Å². The molecular weight excluding hydrogens is 328 g/mol. The van der Waals surface area contributed by atoms with E-state index in [0.29, 0.717) is 11.5 Å². The average Bonchev–Trinajstić information content (AvgIpc) is 2.43. The van der Waals surface area contributed by atoms with Gasteiger partial charge in [0.25, 0.3) is 0 Å². The first kappa shape index (κ1) is 20.2. The van der Waals surface area contributed by atoms with Crippen LogP contribution in [0.4, 0.5) is 0 Å². The summed E-state index contributed by atoms with van der Waals surface area (Å²) in [7, 11) is 0. The summed E-state index contributed by atoms with van der Waals surface area (Å²) in [6, 6.07) is 0. The topological polar surface area (TPSA) is 40.5 Å². The monoisotopic (exact) mass is 362 g/mol. The quantitative estimate of drug-likeness (QED) is 0.563. The maximum absolute atomic E-state index is 10.6. The molecule has 2 unspecified atom stereocenters. The van der Waals surface area contributed by atoms with E-state index < -0.39 is 9.49 Å². The molecule has 0 heterocycles. The molecule has 140 valence electrons. The number of rotatable bonds is 2. The number of hydrogen-bond acceptors (Lipinski definition) is 3. The highest BCUT2D eigenvalue weighted by atomic mass is 32.2. The zero-order valence-electron chi connectivity index (χ0n) is 17.0. The smallest absolute Gasteiger partial charge is 0.108 e. The van der Waals surface area contributed by atoms with Gasteiger partial charge < -0.3 is 10.2 Å². The number of aliphatic hydroxyl groups is 2. The summed E-state index contributed by atoms with van der Waals surface area (Å²) in [6.07, 6.45) is 9.37. The molecule has 0 amide bonds. The Morgan fingerprint density at radius 3 is 1.32 bits per heavy atom. The molecule has 2 N–H and O–H groups in total. The largest absolute Gasteiger partial charge is 0.511 e. The van der Waals surface area contributed by atoms with Crippen molar-refractivity contribution in [2.24, 2.45) is 10.8 Å². The first-order valence-electron chi connectivity index (χ1n) is 9.09. The highest BCUT2D eigenvalue weighted by Gasteiger charge is 2.45. The fourth-order valence-electron chi connectivity index (χ4n) is 3.44. The minimum Gasteiger partial charge on any atom is -0.511 e. The van der Waals surface area contributed by atoms with Crippen LogP contribution in [0.3, 0.4) is 0 Å². The van der Waals surface area contributed by atoms with Crippen molar-refractivity contribution in [2.75, 3.05) is 0 Å². The van der Waals surface area contributed by atoms with E-state index in [0.717, 1.165) is 12.8 Å². The Labute approximate surface area is 157 Å². The van der Waals surface area contributed by atoms with Gasteiger partial charge in [-0.3, -0.25) is 0 Å². The molecule has 2 nitrogen and oxygen atoms in total. The molecule has 2 aliphatic carbocycles. The first-order valence-corrected chi connectivity index (χ1v) is 9.91. The van der Waals surface area contributed by atoms with Crippen molar-refractivity contribution in [2.45, 2.75) is 77.7 Å². The number of allylic oxidation sites excluding steroid dienone is 6. The number of aliphatic hydroxyl groups excluding tert-OH is 2. The third-order valence-electron chi connectivity index (χ3n) is 5.40. The van der Waals surface area contributed by atoms with Gasteiger partial charge in [0.05, 0.1) is 9.49 Å². The van der Waals surface area contributed by atoms with Crippen LogP contribution in [0.5, 0.6) is 0 Å². The van der Waals surface area contributed by atoms with E-state index in [1.54, 1.807) is 11.8 Å². The van der Waals surface area contributed by atoms with Crippen LogP contribution in [0.1, 0.15) is 68.2 Å². The predicted octanol–water partition coefficient (Wildman–Crippen LogP) is 6.87. The van der Waals surface area contributed by atoms with Crippen LogP contribution >= 0.6 is 11.8 Å². The van der Waals surface area contributed by atoms with Crippen LogP contribution in [0.2, 0.25) is 0 Å². The summed E-state index contributed by atoms with van der Waals surface area (Å²) in [5, 5.41) is 21.3. The maximum Gasteiger partial charge on any atom is 0.108 e. The van der Waals surface area contributed by atoms with Gasteiger partial charge in [-0.2, -0.15) is 0 Å². The Balaban J connectivity index is 2.32. The van der Waals surface area contributed by atoms with Crippen molar-refractivity contribution in [1.29, 1.82) is 0 Å². The molecule has 2 rings (SSSR count). The number of hydrogen-bond donors (Lipinski definition) is 2. The van der Waals surface area contributed by atoms with E-state index in [9.17, 15) is 10.2 Å². The van der Waals surface area contributed by atoms with Crippen LogP contribution in [-0.2, 0) is 0 Å². The average molecular weight is 363 g/mol. The summed E-state index contributed by atoms with van der Waals surface area (Å²) >= 11 is 1.68. The SMILES string of the molecule is CC(C)(C)C1=CC=C(O)C(C)(SC2(C)CC(C(C)(C)C)=CC=C2O)C1. The van der Waals surface area contributed by atoms with Gasteiger partial charge in [-0.1, -0.05) is 64.8 Å². The lowest BCUT2D eigenvalue weighted by Gasteiger charge is -2.44. The van der Waals surface area contributed by atoms with E-state index in [1.165, 1.54) is 11.1 Å². The molecule has 0 aliphatic heterocycles. The molecule has 0 radical (unpaired) electrons. The molecule has 25 heavy (non-hydrogen) atoms. The molecular formula is C22H34O2S. The molecule has 3 heteroatoms. The molecule has 2 atom stereocenters. The van der Waals surface area contributed by atoms with E-state index in [2.05, 4.69) is 67.5 Å². The van der Waals surface area contributed by atoms with Crippen molar-refractivity contribution in [3.63, 3.8) is 0 Å². The van der Waals surface area contributed by atoms with Crippen molar-refractivity contribution in [3.05, 3.63) is 47.0 Å². The van der Waals surface area contributed by atoms with E-state index in [4.69, 9.17) is 0 Å². The second-order valence-corrected chi connectivity index (χ2v) is 11.9. The van der Waals surface area contributed by atoms with Crippen LogP contribution in [0.15, 0.2) is 47.0 Å². The molecule has 0 aromatic heterocycles. The fraction of sp³-hybridized carbons (Fsp3) is 0.636. The summed E-state index contributed by atoms with van der Waals surface area (Å²) in [5.41, 5.74) is 2.80. The molecule has 2 aliphatic rings. The molecule has 0 saturated carbocycles. The zero-order valence-corrected chi connectivity index (χ0v) is 17.8. The van der Waals surface area contributed by atoms with E-state index >= 15 is 0 Å². The van der Waals surface area contributed by atoms with Crippen LogP contribution < -0.4 is 0 Å². The molecule has 0 saturated heterocycles. The minimum atomic E-state index is -0.436. The fourth-order valence-corrected chi connectivity index (χ4v) is 5.24. The summed E-state index contributed by atoms with van der Waals surface area (Å²) in [4.78, 5) is 0. The van der Waals surface area contributed by atoms with Gasteiger partial charge in [0, 0.05) is 0 Å². The standard InChI is InChI=1S/C22H34O2S/c1-19(2,3)15-9-11-17(23)21(7,13-15)25-22(8)14-16(20(4,5)6)10-12-18(22)24/h9-12,23-24H,13-14H2,1-8H3. The van der Waals surface area contributed by atoms with Gasteiger partial charge in [-0.25, -0.2) is 0 Å². The Kier molecular flexibility index (Phi) is 5.07. The van der Waals surface area contributed by atoms with Crippen molar-refractivity contribution >= 4 is 11.8 Å². The highest BCUT2D eigenvalue weighted by molar-refractivity contribution is 8.02. The van der Waals surface area contributed by atoms with E-state index in [-0.39, 0.29) is 10.8 Å². The Morgan fingerprint density at radius 1 is 0.720 bits per heavy atom. The highest BCUT2D eigenvalue weighted by Crippen LogP contribution is 2.54. The molecule has 0 aromatic rings. The van der Waals surface area contributed by atoms with Gasteiger partial charge >= 0.3 is 0 Å². The second kappa shape index (κ2) is 6.26. The predicted molar refractivity (Wildman–Crippen MR) is 110 cm³/mol. The summed E-state index contributed by atoms with van der Waals surface area (Å²) in [5.74, 6) is 0.790. The van der Waals surface area contributed by atoms with Crippen LogP contribution in [0.25, 0.3) is 0 Å². The summed E-state index contributed by atoms with van der Waals surface area (Å²) < 4.78 is -0.872. The molecule has 0 fully saturated rings. The zero-order chi connectivity index (χ0) is 19.3. The van der Waals surface area contributed by atoms with Crippen LogP contribution in [0, 0.1) is 10.8 Å². The Bertz CT molecular complexity index is 609. The first-order chi connectivity index (χ1) is 11.2. The molecule has 0 bridgehead atoms. The normalized spacial score (nSPS) is 31.0. The van der Waals surface area contributed by atoms with Crippen molar-refractivity contribution in [3.8, 4) is 0 Å². The third kappa shape index (κ3) is 4.19. The van der Waals surface area contributed by atoms with Gasteiger partial charge in [-0.05, 0) is 49.7 Å². The van der Waals surface area contributed by atoms with Crippen molar-refractivity contribution in [1.82, 2.24) is 0 Å². The molecule has 0 spiro atoms. The van der Waals surface area contributed by atoms with Crippen LogP contribution in [-0.4, -0.2) is 19.7 Å². The maximum atomic E-state index is 10.6. The van der Waals surface area contributed by atoms with E-state index in [1.807, 2.05) is 12.2 Å².